The molecule has 1 N–H and O–H groups in total. The van der Waals surface area contributed by atoms with Gasteiger partial charge in [-0.3, -0.25) is 0 Å². The van der Waals surface area contributed by atoms with Gasteiger partial charge in [0, 0.05) is 18.1 Å². The minimum atomic E-state index is -3.73. The summed E-state index contributed by atoms with van der Waals surface area (Å²) in [6.45, 7) is 4.14. The van der Waals surface area contributed by atoms with Crippen molar-refractivity contribution >= 4 is 10.0 Å². The van der Waals surface area contributed by atoms with Gasteiger partial charge in [-0.1, -0.05) is 24.0 Å². The van der Waals surface area contributed by atoms with Gasteiger partial charge in [-0.25, -0.2) is 8.42 Å². The van der Waals surface area contributed by atoms with Crippen LogP contribution >= 0.6 is 0 Å². The number of para-hydroxylation sites is 1. The maximum atomic E-state index is 12.4. The van der Waals surface area contributed by atoms with Gasteiger partial charge in [0.2, 0.25) is 10.0 Å². The fourth-order valence-corrected chi connectivity index (χ4v) is 4.06. The molecular formula is C22H25NO6S. The molecule has 0 aliphatic carbocycles. The summed E-state index contributed by atoms with van der Waals surface area (Å²) in [5.74, 6) is 7.74. The standard InChI is InChI=1S/C22H25NO6S/c1-22(2)15-16-8-7-9-19(21(16)29-22)28-13-6-5-12-23-30(24,25)17-10-11-18(26-3)20(14-17)27-4/h7-11,14,23H,12-13,15H2,1-4H3. The summed E-state index contributed by atoms with van der Waals surface area (Å²) in [6, 6.07) is 10.2. The average molecular weight is 432 g/mol. The summed E-state index contributed by atoms with van der Waals surface area (Å²) < 4.78 is 49.2. The van der Waals surface area contributed by atoms with Gasteiger partial charge in [-0.05, 0) is 32.0 Å². The lowest BCUT2D eigenvalue weighted by atomic mass is 10.0. The number of methoxy groups -OCH3 is 2. The first kappa shape index (κ1) is 21.8. The topological polar surface area (TPSA) is 83.1 Å². The van der Waals surface area contributed by atoms with Crippen molar-refractivity contribution in [1.82, 2.24) is 4.72 Å². The molecule has 3 rings (SSSR count). The summed E-state index contributed by atoms with van der Waals surface area (Å²) >= 11 is 0. The van der Waals surface area contributed by atoms with Crippen LogP contribution in [0.15, 0.2) is 41.3 Å². The summed E-state index contributed by atoms with van der Waals surface area (Å²) in [7, 11) is -0.797. The Bertz CT molecular complexity index is 1080. The van der Waals surface area contributed by atoms with E-state index in [2.05, 4.69) is 16.6 Å². The highest BCUT2D eigenvalue weighted by atomic mass is 32.2. The van der Waals surface area contributed by atoms with Crippen molar-refractivity contribution in [3.63, 3.8) is 0 Å². The zero-order chi connectivity index (χ0) is 21.8. The molecule has 160 valence electrons. The van der Waals surface area contributed by atoms with Crippen molar-refractivity contribution in [2.24, 2.45) is 0 Å². The third kappa shape index (κ3) is 4.99. The van der Waals surface area contributed by atoms with Crippen LogP contribution in [0.2, 0.25) is 0 Å². The highest BCUT2D eigenvalue weighted by molar-refractivity contribution is 7.89. The van der Waals surface area contributed by atoms with E-state index in [0.29, 0.717) is 17.2 Å². The first-order valence-electron chi connectivity index (χ1n) is 9.37. The minimum absolute atomic E-state index is 0.0452. The third-order valence-corrected chi connectivity index (χ3v) is 5.89. The number of nitrogens with one attached hydrogen (secondary N) is 1. The Balaban J connectivity index is 1.56. The molecule has 30 heavy (non-hydrogen) atoms. The van der Waals surface area contributed by atoms with E-state index in [-0.39, 0.29) is 23.6 Å². The molecule has 0 saturated heterocycles. The van der Waals surface area contributed by atoms with Crippen molar-refractivity contribution in [1.29, 1.82) is 0 Å². The molecule has 0 bridgehead atoms. The Kier molecular flexibility index (Phi) is 6.44. The Labute approximate surface area is 177 Å². The molecule has 1 heterocycles. The zero-order valence-corrected chi connectivity index (χ0v) is 18.3. The van der Waals surface area contributed by atoms with Crippen molar-refractivity contribution in [2.75, 3.05) is 27.4 Å². The van der Waals surface area contributed by atoms with Crippen LogP contribution in [0.3, 0.4) is 0 Å². The molecule has 1 aliphatic heterocycles. The van der Waals surface area contributed by atoms with Crippen molar-refractivity contribution < 1.29 is 27.4 Å². The van der Waals surface area contributed by atoms with Crippen LogP contribution in [0.5, 0.6) is 23.0 Å². The van der Waals surface area contributed by atoms with Gasteiger partial charge >= 0.3 is 0 Å². The van der Waals surface area contributed by atoms with Crippen LogP contribution < -0.4 is 23.7 Å². The first-order chi connectivity index (χ1) is 14.3. The van der Waals surface area contributed by atoms with Gasteiger partial charge in [0.1, 0.15) is 12.2 Å². The summed E-state index contributed by atoms with van der Waals surface area (Å²) in [5.41, 5.74) is 0.851. The Morgan fingerprint density at radius 1 is 1.07 bits per heavy atom. The van der Waals surface area contributed by atoms with Crippen LogP contribution in [0.25, 0.3) is 0 Å². The number of hydrogen-bond donors (Lipinski definition) is 1. The van der Waals surface area contributed by atoms with E-state index in [4.69, 9.17) is 18.9 Å². The molecule has 0 amide bonds. The number of fused-ring (bicyclic) bond motifs is 1. The van der Waals surface area contributed by atoms with Crippen molar-refractivity contribution in [3.05, 3.63) is 42.0 Å². The second-order valence-electron chi connectivity index (χ2n) is 7.27. The SMILES string of the molecule is COc1ccc(S(=O)(=O)NCC#CCOc2cccc3c2OC(C)(C)C3)cc1OC. The number of benzene rings is 2. The minimum Gasteiger partial charge on any atom is -0.493 e. The van der Waals surface area contributed by atoms with Crippen LogP contribution in [0.1, 0.15) is 19.4 Å². The van der Waals surface area contributed by atoms with Crippen LogP contribution in [0.4, 0.5) is 0 Å². The van der Waals surface area contributed by atoms with E-state index in [0.717, 1.165) is 17.7 Å². The van der Waals surface area contributed by atoms with E-state index < -0.39 is 10.0 Å². The fourth-order valence-electron chi connectivity index (χ4n) is 3.13. The lowest BCUT2D eigenvalue weighted by molar-refractivity contribution is 0.133. The maximum Gasteiger partial charge on any atom is 0.241 e. The molecule has 8 heteroatoms. The van der Waals surface area contributed by atoms with Crippen LogP contribution in [-0.4, -0.2) is 41.4 Å². The van der Waals surface area contributed by atoms with Crippen LogP contribution in [0, 0.1) is 11.8 Å². The maximum absolute atomic E-state index is 12.4. The van der Waals surface area contributed by atoms with E-state index in [1.807, 2.05) is 32.0 Å². The molecule has 0 fully saturated rings. The Morgan fingerprint density at radius 2 is 1.83 bits per heavy atom. The number of sulfonamides is 1. The number of hydrogen-bond acceptors (Lipinski definition) is 6. The summed E-state index contributed by atoms with van der Waals surface area (Å²) in [4.78, 5) is 0.0674. The lowest BCUT2D eigenvalue weighted by Crippen LogP contribution is -2.24. The van der Waals surface area contributed by atoms with E-state index in [1.54, 1.807) is 0 Å². The van der Waals surface area contributed by atoms with E-state index >= 15 is 0 Å². The summed E-state index contributed by atoms with van der Waals surface area (Å²) in [6.07, 6.45) is 0.823. The second kappa shape index (κ2) is 8.86. The average Bonchev–Trinajstić information content (AvgIpc) is 3.04. The predicted octanol–water partition coefficient (Wildman–Crippen LogP) is 2.78. The predicted molar refractivity (Wildman–Crippen MR) is 113 cm³/mol. The molecule has 0 saturated carbocycles. The molecule has 1 aliphatic rings. The largest absolute Gasteiger partial charge is 0.493 e. The highest BCUT2D eigenvalue weighted by Crippen LogP contribution is 2.41. The fraction of sp³-hybridized carbons (Fsp3) is 0.364. The number of rotatable bonds is 7. The molecular weight excluding hydrogens is 406 g/mol. The molecule has 0 radical (unpaired) electrons. The van der Waals surface area contributed by atoms with Gasteiger partial charge in [0.05, 0.1) is 25.7 Å². The zero-order valence-electron chi connectivity index (χ0n) is 17.4. The van der Waals surface area contributed by atoms with Gasteiger partial charge in [-0.15, -0.1) is 0 Å². The van der Waals surface area contributed by atoms with E-state index in [9.17, 15) is 8.42 Å². The molecule has 0 unspecified atom stereocenters. The summed E-state index contributed by atoms with van der Waals surface area (Å²) in [5, 5.41) is 0. The normalized spacial score (nSPS) is 14.1. The molecule has 2 aromatic rings. The molecule has 7 nitrogen and oxygen atoms in total. The molecule has 0 aromatic heterocycles. The number of ether oxygens (including phenoxy) is 4. The quantitative estimate of drug-likeness (QED) is 0.679. The Hall–Kier alpha value is -2.89. The van der Waals surface area contributed by atoms with E-state index in [1.165, 1.54) is 32.4 Å². The lowest BCUT2D eigenvalue weighted by Gasteiger charge is -2.17. The second-order valence-corrected chi connectivity index (χ2v) is 9.03. The first-order valence-corrected chi connectivity index (χ1v) is 10.9. The molecule has 2 aromatic carbocycles. The Morgan fingerprint density at radius 3 is 2.57 bits per heavy atom. The highest BCUT2D eigenvalue weighted by Gasteiger charge is 2.32. The van der Waals surface area contributed by atoms with Gasteiger partial charge in [0.15, 0.2) is 23.0 Å². The van der Waals surface area contributed by atoms with Crippen molar-refractivity contribution in [3.8, 4) is 34.8 Å². The van der Waals surface area contributed by atoms with Gasteiger partial charge in [-0.2, -0.15) is 4.72 Å². The van der Waals surface area contributed by atoms with Crippen LogP contribution in [-0.2, 0) is 16.4 Å². The molecule has 0 atom stereocenters. The monoisotopic (exact) mass is 431 g/mol. The van der Waals surface area contributed by atoms with Crippen molar-refractivity contribution in [2.45, 2.75) is 30.8 Å². The van der Waals surface area contributed by atoms with Gasteiger partial charge < -0.3 is 18.9 Å². The smallest absolute Gasteiger partial charge is 0.241 e. The molecule has 0 spiro atoms. The van der Waals surface area contributed by atoms with Gasteiger partial charge in [0.25, 0.3) is 0 Å². The third-order valence-electron chi connectivity index (χ3n) is 4.50.